The highest BCUT2D eigenvalue weighted by molar-refractivity contribution is 7.89. The molecule has 3 rings (SSSR count). The van der Waals surface area contributed by atoms with Crippen LogP contribution < -0.4 is 10.0 Å². The van der Waals surface area contributed by atoms with Crippen molar-refractivity contribution in [1.29, 1.82) is 0 Å². The number of rotatable bonds is 9. The van der Waals surface area contributed by atoms with Crippen LogP contribution in [0.3, 0.4) is 0 Å². The smallest absolute Gasteiger partial charge is 0.240 e. The molecule has 0 aliphatic rings. The molecule has 0 atom stereocenters. The maximum Gasteiger partial charge on any atom is 0.240 e. The van der Waals surface area contributed by atoms with Gasteiger partial charge in [-0.25, -0.2) is 13.1 Å². The Morgan fingerprint density at radius 1 is 1.09 bits per heavy atom. The van der Waals surface area contributed by atoms with Crippen LogP contribution in [0.2, 0.25) is 0 Å². The Bertz CT molecular complexity index is 1220. The maximum absolute atomic E-state index is 12.9. The van der Waals surface area contributed by atoms with Crippen molar-refractivity contribution in [2.24, 2.45) is 0 Å². The second kappa shape index (κ2) is 10.4. The summed E-state index contributed by atoms with van der Waals surface area (Å²) in [7, 11) is -3.65. The molecule has 168 valence electrons. The van der Waals surface area contributed by atoms with Crippen molar-refractivity contribution in [2.75, 3.05) is 11.9 Å². The summed E-state index contributed by atoms with van der Waals surface area (Å²) in [5.74, 6) is 0.162. The van der Waals surface area contributed by atoms with Crippen molar-refractivity contribution >= 4 is 33.8 Å². The van der Waals surface area contributed by atoms with E-state index in [1.807, 2.05) is 36.4 Å². The third-order valence-electron chi connectivity index (χ3n) is 4.90. The van der Waals surface area contributed by atoms with Gasteiger partial charge in [0.2, 0.25) is 15.9 Å². The summed E-state index contributed by atoms with van der Waals surface area (Å²) < 4.78 is 33.7. The first-order chi connectivity index (χ1) is 15.3. The van der Waals surface area contributed by atoms with Crippen molar-refractivity contribution < 1.29 is 17.7 Å². The molecule has 0 spiro atoms. The molecule has 1 amide bonds. The minimum Gasteiger partial charge on any atom is -0.354 e. The van der Waals surface area contributed by atoms with Gasteiger partial charge in [-0.2, -0.15) is 0 Å². The Labute approximate surface area is 188 Å². The summed E-state index contributed by atoms with van der Waals surface area (Å²) >= 11 is 0. The number of nitrogens with zero attached hydrogens (tertiary/aromatic N) is 1. The molecule has 0 saturated heterocycles. The minimum absolute atomic E-state index is 0.229. The molecule has 8 heteroatoms. The summed E-state index contributed by atoms with van der Waals surface area (Å²) in [4.78, 5) is 11.6. The van der Waals surface area contributed by atoms with Gasteiger partial charge in [0.25, 0.3) is 0 Å². The quantitative estimate of drug-likeness (QED) is 0.470. The molecule has 1 aromatic heterocycles. The Hall–Kier alpha value is -3.23. The Morgan fingerprint density at radius 2 is 1.84 bits per heavy atom. The van der Waals surface area contributed by atoms with Crippen LogP contribution in [0.5, 0.6) is 0 Å². The van der Waals surface area contributed by atoms with Crippen LogP contribution in [0.25, 0.3) is 12.2 Å². The zero-order valence-corrected chi connectivity index (χ0v) is 19.2. The fourth-order valence-corrected chi connectivity index (χ4v) is 4.58. The lowest BCUT2D eigenvalue weighted by molar-refractivity contribution is -0.114. The summed E-state index contributed by atoms with van der Waals surface area (Å²) in [6.07, 6.45) is 4.88. The van der Waals surface area contributed by atoms with E-state index in [4.69, 9.17) is 4.52 Å². The van der Waals surface area contributed by atoms with Gasteiger partial charge in [-0.1, -0.05) is 53.7 Å². The molecule has 0 saturated carbocycles. The molecule has 0 fully saturated rings. The van der Waals surface area contributed by atoms with Gasteiger partial charge in [-0.15, -0.1) is 0 Å². The molecule has 32 heavy (non-hydrogen) atoms. The zero-order chi connectivity index (χ0) is 23.1. The molecular weight excluding hydrogens is 426 g/mol. The number of benzene rings is 2. The predicted molar refractivity (Wildman–Crippen MR) is 126 cm³/mol. The Morgan fingerprint density at radius 3 is 2.56 bits per heavy atom. The highest BCUT2D eigenvalue weighted by Gasteiger charge is 2.17. The summed E-state index contributed by atoms with van der Waals surface area (Å²) in [6.45, 7) is 5.25. The molecule has 0 aliphatic carbocycles. The Balaban J connectivity index is 1.71. The van der Waals surface area contributed by atoms with Crippen LogP contribution in [0, 0.1) is 13.8 Å². The lowest BCUT2D eigenvalue weighted by Gasteiger charge is -2.10. The zero-order valence-electron chi connectivity index (χ0n) is 18.4. The van der Waals surface area contributed by atoms with Gasteiger partial charge in [0.1, 0.15) is 11.4 Å². The van der Waals surface area contributed by atoms with Gasteiger partial charge >= 0.3 is 0 Å². The Kier molecular flexibility index (Phi) is 7.61. The molecule has 7 nitrogen and oxygen atoms in total. The van der Waals surface area contributed by atoms with Gasteiger partial charge in [0, 0.05) is 13.5 Å². The summed E-state index contributed by atoms with van der Waals surface area (Å²) in [5.41, 5.74) is 3.58. The van der Waals surface area contributed by atoms with E-state index in [-0.39, 0.29) is 10.8 Å². The van der Waals surface area contributed by atoms with E-state index in [0.717, 1.165) is 6.42 Å². The van der Waals surface area contributed by atoms with Crippen molar-refractivity contribution in [3.05, 3.63) is 76.7 Å². The standard InChI is InChI=1S/C24H27N3O4S/c1-17-11-12-21(13-14-22-24(26-19(3)28)18(2)27-31-22)16-23(17)32(29,30)25-15-7-10-20-8-5-4-6-9-20/h4-6,8-9,11-14,16,25H,7,10,15H2,1-3H3,(H,26,28)/b14-13-. The first-order valence-electron chi connectivity index (χ1n) is 10.3. The average Bonchev–Trinajstić information content (AvgIpc) is 3.10. The highest BCUT2D eigenvalue weighted by atomic mass is 32.2. The molecule has 0 bridgehead atoms. The number of anilines is 1. The van der Waals surface area contributed by atoms with Crippen LogP contribution in [0.4, 0.5) is 5.69 Å². The highest BCUT2D eigenvalue weighted by Crippen LogP contribution is 2.24. The first kappa shape index (κ1) is 23.4. The molecule has 0 unspecified atom stereocenters. The van der Waals surface area contributed by atoms with Crippen LogP contribution in [-0.2, 0) is 21.2 Å². The van der Waals surface area contributed by atoms with E-state index in [2.05, 4.69) is 15.2 Å². The average molecular weight is 454 g/mol. The van der Waals surface area contributed by atoms with E-state index < -0.39 is 10.0 Å². The van der Waals surface area contributed by atoms with E-state index in [1.54, 1.807) is 38.1 Å². The normalized spacial score (nSPS) is 11.7. The molecule has 2 aromatic carbocycles. The molecule has 0 aliphatic heterocycles. The van der Waals surface area contributed by atoms with Gasteiger partial charge in [0.05, 0.1) is 4.90 Å². The number of nitrogens with one attached hydrogen (secondary N) is 2. The number of hydrogen-bond donors (Lipinski definition) is 2. The summed E-state index contributed by atoms with van der Waals surface area (Å²) in [5, 5.41) is 6.56. The largest absolute Gasteiger partial charge is 0.354 e. The maximum atomic E-state index is 12.9. The van der Waals surface area contributed by atoms with E-state index >= 15 is 0 Å². The topological polar surface area (TPSA) is 101 Å². The number of hydrogen-bond acceptors (Lipinski definition) is 5. The van der Waals surface area contributed by atoms with Crippen molar-refractivity contribution in [3.63, 3.8) is 0 Å². The molecule has 2 N–H and O–H groups in total. The summed E-state index contributed by atoms with van der Waals surface area (Å²) in [6, 6.07) is 15.2. The third kappa shape index (κ3) is 6.15. The molecule has 1 heterocycles. The van der Waals surface area contributed by atoms with E-state index in [0.29, 0.717) is 41.2 Å². The second-order valence-electron chi connectivity index (χ2n) is 7.53. The molecular formula is C24H27N3O4S. The van der Waals surface area contributed by atoms with Gasteiger partial charge in [-0.3, -0.25) is 4.79 Å². The number of aryl methyl sites for hydroxylation is 3. The van der Waals surface area contributed by atoms with Crippen molar-refractivity contribution in [3.8, 4) is 0 Å². The lowest BCUT2D eigenvalue weighted by Crippen LogP contribution is -2.25. The van der Waals surface area contributed by atoms with Crippen LogP contribution in [-0.4, -0.2) is 26.0 Å². The molecule has 0 radical (unpaired) electrons. The third-order valence-corrected chi connectivity index (χ3v) is 6.50. The van der Waals surface area contributed by atoms with E-state index in [9.17, 15) is 13.2 Å². The van der Waals surface area contributed by atoms with Crippen molar-refractivity contribution in [1.82, 2.24) is 9.88 Å². The second-order valence-corrected chi connectivity index (χ2v) is 9.27. The molecule has 3 aromatic rings. The SMILES string of the molecule is CC(=O)Nc1c(C)noc1/C=C\c1ccc(C)c(S(=O)(=O)NCCCc2ccccc2)c1. The monoisotopic (exact) mass is 453 g/mol. The van der Waals surface area contributed by atoms with Gasteiger partial charge in [-0.05, 0) is 55.5 Å². The van der Waals surface area contributed by atoms with Gasteiger partial charge < -0.3 is 9.84 Å². The van der Waals surface area contributed by atoms with Crippen LogP contribution >= 0.6 is 0 Å². The number of carbonyl (C=O) groups is 1. The van der Waals surface area contributed by atoms with Crippen molar-refractivity contribution in [2.45, 2.75) is 38.5 Å². The number of carbonyl (C=O) groups excluding carboxylic acids is 1. The fourth-order valence-electron chi connectivity index (χ4n) is 3.23. The number of amides is 1. The minimum atomic E-state index is -3.65. The fraction of sp³-hybridized carbons (Fsp3) is 0.250. The number of aromatic nitrogens is 1. The number of sulfonamides is 1. The van der Waals surface area contributed by atoms with E-state index in [1.165, 1.54) is 12.5 Å². The van der Waals surface area contributed by atoms with Crippen LogP contribution in [0.15, 0.2) is 57.9 Å². The lowest BCUT2D eigenvalue weighted by atomic mass is 10.1. The van der Waals surface area contributed by atoms with Gasteiger partial charge in [0.15, 0.2) is 5.76 Å². The predicted octanol–water partition coefficient (Wildman–Crippen LogP) is 4.33. The van der Waals surface area contributed by atoms with Crippen LogP contribution in [0.1, 0.15) is 41.5 Å². The first-order valence-corrected chi connectivity index (χ1v) is 11.8.